The maximum Gasteiger partial charge on any atom is 0.406 e. The van der Waals surface area contributed by atoms with Gasteiger partial charge in [-0.1, -0.05) is 19.8 Å². The molecule has 5 nitrogen and oxygen atoms in total. The number of hydrogen-bond acceptors (Lipinski definition) is 2. The van der Waals surface area contributed by atoms with Crippen molar-refractivity contribution in [2.45, 2.75) is 44.9 Å². The Morgan fingerprint density at radius 1 is 1.43 bits per heavy atom. The van der Waals surface area contributed by atoms with Gasteiger partial charge in [0.25, 0.3) is 5.91 Å². The Labute approximate surface area is 119 Å². The van der Waals surface area contributed by atoms with Crippen LogP contribution in [0, 0.1) is 0 Å². The van der Waals surface area contributed by atoms with Gasteiger partial charge in [-0.05, 0) is 18.6 Å². The zero-order chi connectivity index (χ0) is 16.0. The fourth-order valence-corrected chi connectivity index (χ4v) is 1.85. The second kappa shape index (κ2) is 7.14. The summed E-state index contributed by atoms with van der Waals surface area (Å²) in [7, 11) is 0. The van der Waals surface area contributed by atoms with Crippen LogP contribution in [-0.2, 0) is 11.3 Å². The number of carbonyl (C=O) groups is 2. The third-order valence-electron chi connectivity index (χ3n) is 2.86. The van der Waals surface area contributed by atoms with E-state index >= 15 is 0 Å². The van der Waals surface area contributed by atoms with Gasteiger partial charge in [0, 0.05) is 6.20 Å². The second-order valence-electron chi connectivity index (χ2n) is 4.64. The lowest BCUT2D eigenvalue weighted by Crippen LogP contribution is -2.41. The number of nitrogens with one attached hydrogen (secondary N) is 1. The van der Waals surface area contributed by atoms with E-state index in [4.69, 9.17) is 5.11 Å². The molecule has 0 fully saturated rings. The van der Waals surface area contributed by atoms with Crippen molar-refractivity contribution in [1.82, 2.24) is 9.88 Å². The van der Waals surface area contributed by atoms with Gasteiger partial charge in [-0.15, -0.1) is 0 Å². The van der Waals surface area contributed by atoms with E-state index in [1.807, 2.05) is 6.92 Å². The molecule has 1 atom stereocenters. The van der Waals surface area contributed by atoms with Gasteiger partial charge in [0.05, 0.1) is 0 Å². The summed E-state index contributed by atoms with van der Waals surface area (Å²) < 4.78 is 37.9. The minimum atomic E-state index is -4.46. The maximum absolute atomic E-state index is 12.4. The van der Waals surface area contributed by atoms with E-state index in [1.165, 1.54) is 12.1 Å². The third kappa shape index (κ3) is 5.49. The van der Waals surface area contributed by atoms with Gasteiger partial charge >= 0.3 is 12.1 Å². The molecule has 0 aliphatic carbocycles. The van der Waals surface area contributed by atoms with Gasteiger partial charge in [0.1, 0.15) is 18.3 Å². The highest BCUT2D eigenvalue weighted by molar-refractivity contribution is 5.95. The van der Waals surface area contributed by atoms with Gasteiger partial charge in [-0.3, -0.25) is 4.79 Å². The Morgan fingerprint density at radius 2 is 2.10 bits per heavy atom. The topological polar surface area (TPSA) is 71.3 Å². The molecule has 0 aliphatic heterocycles. The summed E-state index contributed by atoms with van der Waals surface area (Å²) in [6.45, 7) is 0.574. The van der Waals surface area contributed by atoms with Crippen molar-refractivity contribution in [2.75, 3.05) is 0 Å². The van der Waals surface area contributed by atoms with Gasteiger partial charge in [0.15, 0.2) is 0 Å². The normalized spacial score (nSPS) is 13.0. The molecule has 0 aromatic carbocycles. The summed E-state index contributed by atoms with van der Waals surface area (Å²) >= 11 is 0. The molecule has 8 heteroatoms. The highest BCUT2D eigenvalue weighted by atomic mass is 19.4. The number of carboxylic acid groups (broad SMARTS) is 1. The molecule has 1 heterocycles. The monoisotopic (exact) mass is 306 g/mol. The number of unbranched alkanes of at least 4 members (excludes halogenated alkanes) is 1. The predicted octanol–water partition coefficient (Wildman–Crippen LogP) is 2.42. The van der Waals surface area contributed by atoms with E-state index in [-0.39, 0.29) is 12.1 Å². The van der Waals surface area contributed by atoms with E-state index in [2.05, 4.69) is 5.32 Å². The fraction of sp³-hybridized carbons (Fsp3) is 0.538. The first-order valence-electron chi connectivity index (χ1n) is 6.50. The number of alkyl halides is 3. The lowest BCUT2D eigenvalue weighted by Gasteiger charge is -2.16. The average Bonchev–Trinajstić information content (AvgIpc) is 2.79. The third-order valence-corrected chi connectivity index (χ3v) is 2.86. The molecule has 0 radical (unpaired) electrons. The molecule has 1 aromatic heterocycles. The first-order valence-corrected chi connectivity index (χ1v) is 6.50. The smallest absolute Gasteiger partial charge is 0.406 e. The number of aromatic nitrogens is 1. The largest absolute Gasteiger partial charge is 0.480 e. The minimum Gasteiger partial charge on any atom is -0.480 e. The maximum atomic E-state index is 12.4. The number of amides is 1. The molecular weight excluding hydrogens is 289 g/mol. The minimum absolute atomic E-state index is 0.213. The molecule has 0 spiro atoms. The number of carboxylic acids is 1. The number of carbonyl (C=O) groups excluding carboxylic acids is 1. The van der Waals surface area contributed by atoms with Crippen LogP contribution in [0.2, 0.25) is 0 Å². The first kappa shape index (κ1) is 17.1. The molecule has 1 rings (SSSR count). The van der Waals surface area contributed by atoms with E-state index < -0.39 is 30.6 Å². The van der Waals surface area contributed by atoms with Crippen molar-refractivity contribution in [3.8, 4) is 0 Å². The average molecular weight is 306 g/mol. The Hall–Kier alpha value is -1.99. The lowest BCUT2D eigenvalue weighted by molar-refractivity contribution is -0.141. The number of nitrogens with zero attached hydrogens (tertiary/aromatic N) is 1. The zero-order valence-electron chi connectivity index (χ0n) is 11.5. The standard InChI is InChI=1S/C13H17F3N2O3/c1-2-3-5-9(12(20)21)17-11(19)10-6-4-7-18(10)8-13(14,15)16/h4,6-7,9H,2-3,5,8H2,1H3,(H,17,19)(H,20,21)/t9-/m0/s1. The molecule has 21 heavy (non-hydrogen) atoms. The van der Waals surface area contributed by atoms with Crippen molar-refractivity contribution in [2.24, 2.45) is 0 Å². The van der Waals surface area contributed by atoms with Crippen molar-refractivity contribution < 1.29 is 27.9 Å². The molecule has 0 bridgehead atoms. The Kier molecular flexibility index (Phi) is 5.80. The van der Waals surface area contributed by atoms with Crippen molar-refractivity contribution in [3.63, 3.8) is 0 Å². The predicted molar refractivity (Wildman–Crippen MR) is 68.9 cm³/mol. The van der Waals surface area contributed by atoms with Crippen LogP contribution in [0.4, 0.5) is 13.2 Å². The molecule has 0 unspecified atom stereocenters. The number of hydrogen-bond donors (Lipinski definition) is 2. The highest BCUT2D eigenvalue weighted by Gasteiger charge is 2.30. The highest BCUT2D eigenvalue weighted by Crippen LogP contribution is 2.19. The van der Waals surface area contributed by atoms with Crippen LogP contribution in [0.3, 0.4) is 0 Å². The Balaban J connectivity index is 2.79. The summed E-state index contributed by atoms with van der Waals surface area (Å²) in [6.07, 6.45) is -1.74. The Morgan fingerprint density at radius 3 is 2.62 bits per heavy atom. The molecule has 0 saturated carbocycles. The van der Waals surface area contributed by atoms with Crippen molar-refractivity contribution in [3.05, 3.63) is 24.0 Å². The van der Waals surface area contributed by atoms with E-state index in [0.29, 0.717) is 6.42 Å². The molecule has 1 aromatic rings. The van der Waals surface area contributed by atoms with Crippen LogP contribution >= 0.6 is 0 Å². The quantitative estimate of drug-likeness (QED) is 0.812. The van der Waals surface area contributed by atoms with Crippen LogP contribution in [0.1, 0.15) is 36.7 Å². The molecule has 2 N–H and O–H groups in total. The first-order chi connectivity index (χ1) is 9.74. The Bertz CT molecular complexity index is 497. The number of aliphatic carboxylic acids is 1. The van der Waals surface area contributed by atoms with Crippen molar-refractivity contribution >= 4 is 11.9 Å². The lowest BCUT2D eigenvalue weighted by atomic mass is 10.1. The van der Waals surface area contributed by atoms with Gasteiger partial charge in [-0.2, -0.15) is 13.2 Å². The van der Waals surface area contributed by atoms with Crippen LogP contribution in [0.5, 0.6) is 0 Å². The van der Waals surface area contributed by atoms with Crippen LogP contribution in [-0.4, -0.2) is 33.8 Å². The van der Waals surface area contributed by atoms with Gasteiger partial charge in [-0.25, -0.2) is 4.79 Å². The SMILES string of the molecule is CCCC[C@H](NC(=O)c1cccn1CC(F)(F)F)C(=O)O. The molecule has 0 saturated heterocycles. The van der Waals surface area contributed by atoms with Crippen LogP contribution < -0.4 is 5.32 Å². The van der Waals surface area contributed by atoms with Gasteiger partial charge in [0.2, 0.25) is 0 Å². The molecule has 1 amide bonds. The molecule has 118 valence electrons. The van der Waals surface area contributed by atoms with Crippen LogP contribution in [0.15, 0.2) is 18.3 Å². The second-order valence-corrected chi connectivity index (χ2v) is 4.64. The van der Waals surface area contributed by atoms with E-state index in [1.54, 1.807) is 0 Å². The summed E-state index contributed by atoms with van der Waals surface area (Å²) in [5.41, 5.74) is -0.213. The van der Waals surface area contributed by atoms with E-state index in [9.17, 15) is 22.8 Å². The van der Waals surface area contributed by atoms with E-state index in [0.717, 1.165) is 17.2 Å². The van der Waals surface area contributed by atoms with Gasteiger partial charge < -0.3 is 15.0 Å². The van der Waals surface area contributed by atoms with Crippen LogP contribution in [0.25, 0.3) is 0 Å². The number of rotatable bonds is 7. The summed E-state index contributed by atoms with van der Waals surface area (Å²) in [4.78, 5) is 23.0. The summed E-state index contributed by atoms with van der Waals surface area (Å²) in [5.74, 6) is -2.03. The summed E-state index contributed by atoms with van der Waals surface area (Å²) in [6, 6.07) is 1.43. The number of halogens is 3. The van der Waals surface area contributed by atoms with Crippen molar-refractivity contribution in [1.29, 1.82) is 0 Å². The summed E-state index contributed by atoms with van der Waals surface area (Å²) in [5, 5.41) is 11.3. The molecule has 0 aliphatic rings. The molecular formula is C13H17F3N2O3. The fourth-order valence-electron chi connectivity index (χ4n) is 1.85. The zero-order valence-corrected chi connectivity index (χ0v) is 11.5.